The molecule has 5 nitrogen and oxygen atoms in total. The SMILES string of the molecule is COC(=O)c1nc2ccc(Cl)cc2c(-c2ccccc2F)c1C(=O)OC. The lowest BCUT2D eigenvalue weighted by molar-refractivity contribution is 0.0551. The van der Waals surface area contributed by atoms with Crippen LogP contribution in [0.3, 0.4) is 0 Å². The van der Waals surface area contributed by atoms with Crippen molar-refractivity contribution >= 4 is 34.4 Å². The topological polar surface area (TPSA) is 65.5 Å². The van der Waals surface area contributed by atoms with Crippen LogP contribution in [-0.4, -0.2) is 31.1 Å². The maximum atomic E-state index is 14.5. The molecule has 7 heteroatoms. The molecule has 0 bridgehead atoms. The van der Waals surface area contributed by atoms with Crippen LogP contribution < -0.4 is 0 Å². The van der Waals surface area contributed by atoms with E-state index in [1.54, 1.807) is 24.3 Å². The summed E-state index contributed by atoms with van der Waals surface area (Å²) in [5, 5.41) is 0.786. The van der Waals surface area contributed by atoms with Crippen molar-refractivity contribution in [2.24, 2.45) is 0 Å². The maximum absolute atomic E-state index is 14.5. The van der Waals surface area contributed by atoms with E-state index in [0.717, 1.165) is 7.11 Å². The molecule has 2 aromatic carbocycles. The van der Waals surface area contributed by atoms with Crippen molar-refractivity contribution in [3.63, 3.8) is 0 Å². The summed E-state index contributed by atoms with van der Waals surface area (Å²) >= 11 is 6.08. The van der Waals surface area contributed by atoms with Gasteiger partial charge in [-0.25, -0.2) is 19.0 Å². The van der Waals surface area contributed by atoms with Gasteiger partial charge in [0, 0.05) is 21.5 Å². The van der Waals surface area contributed by atoms with Crippen molar-refractivity contribution in [2.45, 2.75) is 0 Å². The van der Waals surface area contributed by atoms with Crippen LogP contribution in [0.4, 0.5) is 4.39 Å². The molecule has 0 atom stereocenters. The highest BCUT2D eigenvalue weighted by Crippen LogP contribution is 2.36. The number of halogens is 2. The van der Waals surface area contributed by atoms with Gasteiger partial charge < -0.3 is 9.47 Å². The molecular formula is C19H13ClFNO4. The first-order chi connectivity index (χ1) is 12.5. The Hall–Kier alpha value is -2.99. The number of hydrogen-bond donors (Lipinski definition) is 0. The molecule has 0 saturated carbocycles. The van der Waals surface area contributed by atoms with E-state index in [4.69, 9.17) is 21.1 Å². The first-order valence-corrected chi connectivity index (χ1v) is 7.90. The summed E-state index contributed by atoms with van der Waals surface area (Å²) in [6.45, 7) is 0. The molecule has 1 aromatic heterocycles. The van der Waals surface area contributed by atoms with E-state index >= 15 is 0 Å². The molecule has 0 aliphatic heterocycles. The van der Waals surface area contributed by atoms with E-state index in [9.17, 15) is 14.0 Å². The van der Waals surface area contributed by atoms with Crippen LogP contribution in [0.2, 0.25) is 5.02 Å². The summed E-state index contributed by atoms with van der Waals surface area (Å²) in [7, 11) is 2.33. The number of pyridine rings is 1. The minimum absolute atomic E-state index is 0.118. The van der Waals surface area contributed by atoms with E-state index < -0.39 is 17.8 Å². The van der Waals surface area contributed by atoms with Gasteiger partial charge in [-0.3, -0.25) is 0 Å². The number of methoxy groups -OCH3 is 2. The zero-order valence-electron chi connectivity index (χ0n) is 13.9. The number of nitrogens with zero attached hydrogens (tertiary/aromatic N) is 1. The van der Waals surface area contributed by atoms with Crippen molar-refractivity contribution < 1.29 is 23.5 Å². The molecule has 3 aromatic rings. The molecule has 0 saturated heterocycles. The number of rotatable bonds is 3. The van der Waals surface area contributed by atoms with Crippen LogP contribution in [0.25, 0.3) is 22.0 Å². The van der Waals surface area contributed by atoms with Gasteiger partial charge in [-0.15, -0.1) is 0 Å². The van der Waals surface area contributed by atoms with Crippen LogP contribution in [0, 0.1) is 5.82 Å². The van der Waals surface area contributed by atoms with Crippen molar-refractivity contribution in [3.05, 3.63) is 64.6 Å². The van der Waals surface area contributed by atoms with Crippen molar-refractivity contribution in [1.82, 2.24) is 4.98 Å². The van der Waals surface area contributed by atoms with Gasteiger partial charge in [-0.1, -0.05) is 29.8 Å². The van der Waals surface area contributed by atoms with Gasteiger partial charge >= 0.3 is 11.9 Å². The third kappa shape index (κ3) is 2.99. The fourth-order valence-corrected chi connectivity index (χ4v) is 2.90. The fraction of sp³-hybridized carbons (Fsp3) is 0.105. The number of fused-ring (bicyclic) bond motifs is 1. The highest BCUT2D eigenvalue weighted by atomic mass is 35.5. The predicted octanol–water partition coefficient (Wildman–Crippen LogP) is 4.27. The third-order valence-electron chi connectivity index (χ3n) is 3.86. The van der Waals surface area contributed by atoms with Crippen LogP contribution >= 0.6 is 11.6 Å². The van der Waals surface area contributed by atoms with Gasteiger partial charge in [0.1, 0.15) is 11.4 Å². The summed E-state index contributed by atoms with van der Waals surface area (Å²) in [5.74, 6) is -2.24. The number of carbonyl (C=O) groups is 2. The first-order valence-electron chi connectivity index (χ1n) is 7.52. The third-order valence-corrected chi connectivity index (χ3v) is 4.09. The van der Waals surface area contributed by atoms with Gasteiger partial charge in [0.15, 0.2) is 5.69 Å². The summed E-state index contributed by atoms with van der Waals surface area (Å²) in [5.41, 5.74) is 0.211. The van der Waals surface area contributed by atoms with Crippen molar-refractivity contribution in [3.8, 4) is 11.1 Å². The monoisotopic (exact) mass is 373 g/mol. The summed E-state index contributed by atoms with van der Waals surface area (Å²) in [6.07, 6.45) is 0. The molecule has 0 fully saturated rings. The van der Waals surface area contributed by atoms with Crippen LogP contribution in [0.5, 0.6) is 0 Å². The highest BCUT2D eigenvalue weighted by Gasteiger charge is 2.28. The van der Waals surface area contributed by atoms with Crippen LogP contribution in [0.1, 0.15) is 20.8 Å². The molecule has 3 rings (SSSR count). The standard InChI is InChI=1S/C19H13ClFNO4/c1-25-18(23)16-15(11-5-3-4-6-13(11)21)12-9-10(20)7-8-14(12)22-17(16)19(24)26-2/h3-9H,1-2H3. The number of hydrogen-bond acceptors (Lipinski definition) is 5. The number of esters is 2. The Bertz CT molecular complexity index is 1040. The summed E-state index contributed by atoms with van der Waals surface area (Å²) < 4.78 is 24.1. The van der Waals surface area contributed by atoms with Gasteiger partial charge in [0.25, 0.3) is 0 Å². The molecule has 0 aliphatic carbocycles. The molecule has 0 unspecified atom stereocenters. The number of carbonyl (C=O) groups excluding carboxylic acids is 2. The lowest BCUT2D eigenvalue weighted by atomic mass is 9.93. The number of aromatic nitrogens is 1. The number of benzene rings is 2. The average molecular weight is 374 g/mol. The Labute approximate surface area is 153 Å². The molecule has 26 heavy (non-hydrogen) atoms. The van der Waals surface area contributed by atoms with E-state index in [0.29, 0.717) is 15.9 Å². The zero-order valence-corrected chi connectivity index (χ0v) is 14.6. The Kier molecular flexibility index (Phi) is 4.86. The Morgan fingerprint density at radius 1 is 1.04 bits per heavy atom. The molecular weight excluding hydrogens is 361 g/mol. The predicted molar refractivity (Wildman–Crippen MR) is 94.8 cm³/mol. The van der Waals surface area contributed by atoms with Gasteiger partial charge in [-0.2, -0.15) is 0 Å². The second-order valence-corrected chi connectivity index (χ2v) is 5.77. The minimum atomic E-state index is -0.835. The number of ether oxygens (including phenoxy) is 2. The lowest BCUT2D eigenvalue weighted by Crippen LogP contribution is -2.16. The molecule has 1 heterocycles. The largest absolute Gasteiger partial charge is 0.465 e. The molecule has 0 N–H and O–H groups in total. The normalized spacial score (nSPS) is 10.6. The van der Waals surface area contributed by atoms with E-state index in [1.165, 1.54) is 25.3 Å². The average Bonchev–Trinajstić information content (AvgIpc) is 2.66. The molecule has 132 valence electrons. The Morgan fingerprint density at radius 3 is 2.38 bits per heavy atom. The second kappa shape index (κ2) is 7.09. The Balaban J connectivity index is 2.55. The fourth-order valence-electron chi connectivity index (χ4n) is 2.72. The molecule has 0 aliphatic rings. The van der Waals surface area contributed by atoms with E-state index in [1.807, 2.05) is 0 Å². The molecule has 0 amide bonds. The molecule has 0 spiro atoms. The van der Waals surface area contributed by atoms with Gasteiger partial charge in [0.2, 0.25) is 0 Å². The van der Waals surface area contributed by atoms with Crippen LogP contribution in [-0.2, 0) is 9.47 Å². The Morgan fingerprint density at radius 2 is 1.73 bits per heavy atom. The summed E-state index contributed by atoms with van der Waals surface area (Å²) in [6, 6.07) is 10.6. The van der Waals surface area contributed by atoms with E-state index in [-0.39, 0.29) is 22.4 Å². The van der Waals surface area contributed by atoms with Gasteiger partial charge in [-0.05, 0) is 24.3 Å². The lowest BCUT2D eigenvalue weighted by Gasteiger charge is -2.15. The van der Waals surface area contributed by atoms with Crippen molar-refractivity contribution in [1.29, 1.82) is 0 Å². The van der Waals surface area contributed by atoms with Crippen LogP contribution in [0.15, 0.2) is 42.5 Å². The second-order valence-electron chi connectivity index (χ2n) is 5.33. The van der Waals surface area contributed by atoms with E-state index in [2.05, 4.69) is 4.98 Å². The quantitative estimate of drug-likeness (QED) is 0.641. The van der Waals surface area contributed by atoms with Gasteiger partial charge in [0.05, 0.1) is 19.7 Å². The highest BCUT2D eigenvalue weighted by molar-refractivity contribution is 6.31. The van der Waals surface area contributed by atoms with Crippen molar-refractivity contribution in [2.75, 3.05) is 14.2 Å². The molecule has 0 radical (unpaired) electrons. The maximum Gasteiger partial charge on any atom is 0.357 e. The summed E-state index contributed by atoms with van der Waals surface area (Å²) in [4.78, 5) is 28.9. The first kappa shape index (κ1) is 17.8. The zero-order chi connectivity index (χ0) is 18.8. The smallest absolute Gasteiger partial charge is 0.357 e. The minimum Gasteiger partial charge on any atom is -0.465 e.